The van der Waals surface area contributed by atoms with Crippen LogP contribution in [0, 0.1) is 15.9 Å². The van der Waals surface area contributed by atoms with E-state index >= 15 is 0 Å². The zero-order valence-electron chi connectivity index (χ0n) is 13.6. The lowest BCUT2D eigenvalue weighted by Gasteiger charge is -2.40. The SMILES string of the molecule is COc1ccc([N+](=O)[O-])cc1NC(=O)C1(c2cccc(F)c2)CCC1. The van der Waals surface area contributed by atoms with Gasteiger partial charge in [-0.05, 0) is 36.6 Å². The van der Waals surface area contributed by atoms with Crippen LogP contribution in [0.4, 0.5) is 15.8 Å². The lowest BCUT2D eigenvalue weighted by Crippen LogP contribution is -2.46. The van der Waals surface area contributed by atoms with E-state index in [2.05, 4.69) is 5.32 Å². The van der Waals surface area contributed by atoms with Crippen molar-refractivity contribution in [2.45, 2.75) is 24.7 Å². The molecule has 1 aliphatic carbocycles. The quantitative estimate of drug-likeness (QED) is 0.661. The summed E-state index contributed by atoms with van der Waals surface area (Å²) >= 11 is 0. The Balaban J connectivity index is 1.93. The zero-order valence-corrected chi connectivity index (χ0v) is 13.6. The van der Waals surface area contributed by atoms with Gasteiger partial charge in [-0.1, -0.05) is 18.6 Å². The van der Waals surface area contributed by atoms with Gasteiger partial charge in [0.05, 0.1) is 23.1 Å². The molecule has 2 aromatic carbocycles. The number of carbonyl (C=O) groups excluding carboxylic acids is 1. The first-order chi connectivity index (χ1) is 12.0. The highest BCUT2D eigenvalue weighted by atomic mass is 19.1. The van der Waals surface area contributed by atoms with Crippen LogP contribution < -0.4 is 10.1 Å². The molecule has 130 valence electrons. The number of amides is 1. The maximum absolute atomic E-state index is 13.6. The van der Waals surface area contributed by atoms with Gasteiger partial charge in [0.2, 0.25) is 5.91 Å². The number of hydrogen-bond acceptors (Lipinski definition) is 4. The Morgan fingerprint density at radius 2 is 2.04 bits per heavy atom. The number of methoxy groups -OCH3 is 1. The Morgan fingerprint density at radius 1 is 1.28 bits per heavy atom. The second-order valence-corrected chi connectivity index (χ2v) is 6.04. The summed E-state index contributed by atoms with van der Waals surface area (Å²) in [6, 6.07) is 10.00. The summed E-state index contributed by atoms with van der Waals surface area (Å²) in [4.78, 5) is 23.4. The van der Waals surface area contributed by atoms with Crippen LogP contribution in [-0.2, 0) is 10.2 Å². The molecule has 0 spiro atoms. The first kappa shape index (κ1) is 16.9. The van der Waals surface area contributed by atoms with Gasteiger partial charge in [0.1, 0.15) is 11.6 Å². The summed E-state index contributed by atoms with van der Waals surface area (Å²) < 4.78 is 18.8. The molecule has 7 heteroatoms. The average molecular weight is 344 g/mol. The Bertz CT molecular complexity index is 834. The Hall–Kier alpha value is -2.96. The molecular weight excluding hydrogens is 327 g/mol. The Kier molecular flexibility index (Phi) is 4.39. The van der Waals surface area contributed by atoms with Gasteiger partial charge < -0.3 is 10.1 Å². The third kappa shape index (κ3) is 3.05. The molecule has 6 nitrogen and oxygen atoms in total. The second-order valence-electron chi connectivity index (χ2n) is 6.04. The molecule has 0 bridgehead atoms. The summed E-state index contributed by atoms with van der Waals surface area (Å²) in [7, 11) is 1.42. The maximum atomic E-state index is 13.6. The van der Waals surface area contributed by atoms with Gasteiger partial charge in [0, 0.05) is 12.1 Å². The van der Waals surface area contributed by atoms with Crippen LogP contribution >= 0.6 is 0 Å². The van der Waals surface area contributed by atoms with Crippen LogP contribution in [0.5, 0.6) is 5.75 Å². The highest BCUT2D eigenvalue weighted by Gasteiger charge is 2.46. The van der Waals surface area contributed by atoms with Gasteiger partial charge in [-0.15, -0.1) is 0 Å². The van der Waals surface area contributed by atoms with Crippen molar-refractivity contribution in [1.82, 2.24) is 0 Å². The number of nitro benzene ring substituents is 1. The third-order valence-corrected chi connectivity index (χ3v) is 4.66. The van der Waals surface area contributed by atoms with Crippen molar-refractivity contribution in [3.63, 3.8) is 0 Å². The molecule has 0 unspecified atom stereocenters. The number of anilines is 1. The number of nitro groups is 1. The zero-order chi connectivity index (χ0) is 18.0. The van der Waals surface area contributed by atoms with Crippen molar-refractivity contribution in [1.29, 1.82) is 0 Å². The van der Waals surface area contributed by atoms with Crippen LogP contribution in [0.15, 0.2) is 42.5 Å². The summed E-state index contributed by atoms with van der Waals surface area (Å²) in [6.45, 7) is 0. The lowest BCUT2D eigenvalue weighted by molar-refractivity contribution is -0.384. The van der Waals surface area contributed by atoms with Crippen LogP contribution in [0.1, 0.15) is 24.8 Å². The molecule has 0 saturated heterocycles. The van der Waals surface area contributed by atoms with E-state index in [9.17, 15) is 19.3 Å². The Morgan fingerprint density at radius 3 is 2.60 bits per heavy atom. The minimum absolute atomic E-state index is 0.149. The highest BCUT2D eigenvalue weighted by Crippen LogP contribution is 2.45. The van der Waals surface area contributed by atoms with Crippen molar-refractivity contribution in [2.24, 2.45) is 0 Å². The molecule has 0 heterocycles. The molecule has 0 atom stereocenters. The fourth-order valence-electron chi connectivity index (χ4n) is 3.11. The topological polar surface area (TPSA) is 81.5 Å². The molecule has 1 saturated carbocycles. The van der Waals surface area contributed by atoms with Gasteiger partial charge >= 0.3 is 0 Å². The smallest absolute Gasteiger partial charge is 0.271 e. The van der Waals surface area contributed by atoms with Crippen molar-refractivity contribution < 1.29 is 18.8 Å². The van der Waals surface area contributed by atoms with Gasteiger partial charge in [0.25, 0.3) is 5.69 Å². The highest BCUT2D eigenvalue weighted by molar-refractivity contribution is 6.01. The number of ether oxygens (including phenoxy) is 1. The van der Waals surface area contributed by atoms with Gasteiger partial charge in [-0.2, -0.15) is 0 Å². The molecular formula is C18H17FN2O4. The molecule has 1 aliphatic rings. The van der Waals surface area contributed by atoms with Gasteiger partial charge in [-0.3, -0.25) is 14.9 Å². The molecule has 0 aromatic heterocycles. The number of hydrogen-bond donors (Lipinski definition) is 1. The monoisotopic (exact) mass is 344 g/mol. The number of halogens is 1. The van der Waals surface area contributed by atoms with E-state index in [1.54, 1.807) is 12.1 Å². The molecule has 25 heavy (non-hydrogen) atoms. The third-order valence-electron chi connectivity index (χ3n) is 4.66. The number of non-ortho nitro benzene ring substituents is 1. The first-order valence-electron chi connectivity index (χ1n) is 7.86. The van der Waals surface area contributed by atoms with E-state index in [1.807, 2.05) is 0 Å². The fraction of sp³-hybridized carbons (Fsp3) is 0.278. The molecule has 1 fully saturated rings. The molecule has 2 aromatic rings. The number of benzene rings is 2. The predicted molar refractivity (Wildman–Crippen MR) is 90.2 cm³/mol. The van der Waals surface area contributed by atoms with Crippen LogP contribution in [0.25, 0.3) is 0 Å². The number of nitrogens with one attached hydrogen (secondary N) is 1. The normalized spacial score (nSPS) is 15.1. The van der Waals surface area contributed by atoms with Gasteiger partial charge in [-0.25, -0.2) is 4.39 Å². The number of rotatable bonds is 5. The minimum atomic E-state index is -0.822. The minimum Gasteiger partial charge on any atom is -0.495 e. The van der Waals surface area contributed by atoms with Crippen molar-refractivity contribution in [3.8, 4) is 5.75 Å². The predicted octanol–water partition coefficient (Wildman–Crippen LogP) is 3.80. The number of carbonyl (C=O) groups is 1. The Labute approximate surface area is 143 Å². The van der Waals surface area contributed by atoms with E-state index in [-0.39, 0.29) is 17.3 Å². The average Bonchev–Trinajstić information content (AvgIpc) is 2.53. The van der Waals surface area contributed by atoms with E-state index in [0.29, 0.717) is 24.2 Å². The van der Waals surface area contributed by atoms with E-state index < -0.39 is 16.2 Å². The summed E-state index contributed by atoms with van der Waals surface area (Å²) in [5.74, 6) is -0.389. The molecule has 1 N–H and O–H groups in total. The molecule has 0 radical (unpaired) electrons. The largest absolute Gasteiger partial charge is 0.495 e. The van der Waals surface area contributed by atoms with Crippen molar-refractivity contribution in [3.05, 3.63) is 64.0 Å². The van der Waals surface area contributed by atoms with Crippen LogP contribution in [0.2, 0.25) is 0 Å². The van der Waals surface area contributed by atoms with E-state index in [1.165, 1.54) is 37.4 Å². The molecule has 0 aliphatic heterocycles. The van der Waals surface area contributed by atoms with Crippen LogP contribution in [0.3, 0.4) is 0 Å². The molecule has 3 rings (SSSR count). The van der Waals surface area contributed by atoms with Crippen molar-refractivity contribution in [2.75, 3.05) is 12.4 Å². The summed E-state index contributed by atoms with van der Waals surface area (Å²) in [5, 5.41) is 13.7. The van der Waals surface area contributed by atoms with Gasteiger partial charge in [0.15, 0.2) is 0 Å². The van der Waals surface area contributed by atoms with E-state index in [4.69, 9.17) is 4.74 Å². The summed E-state index contributed by atoms with van der Waals surface area (Å²) in [6.07, 6.45) is 2.05. The number of nitrogens with zero attached hydrogens (tertiary/aromatic N) is 1. The standard InChI is InChI=1S/C18H17FN2O4/c1-25-16-7-6-14(21(23)24)11-15(16)20-17(22)18(8-3-9-18)12-4-2-5-13(19)10-12/h2,4-7,10-11H,3,8-9H2,1H3,(H,20,22). The lowest BCUT2D eigenvalue weighted by atomic mass is 9.63. The first-order valence-corrected chi connectivity index (χ1v) is 7.86. The van der Waals surface area contributed by atoms with Crippen molar-refractivity contribution >= 4 is 17.3 Å². The maximum Gasteiger partial charge on any atom is 0.271 e. The fourth-order valence-corrected chi connectivity index (χ4v) is 3.11. The molecule has 1 amide bonds. The second kappa shape index (κ2) is 6.51. The van der Waals surface area contributed by atoms with E-state index in [0.717, 1.165) is 6.42 Å². The summed E-state index contributed by atoms with van der Waals surface area (Å²) in [5.41, 5.74) is -0.132. The van der Waals surface area contributed by atoms with Crippen LogP contribution in [-0.4, -0.2) is 17.9 Å².